The summed E-state index contributed by atoms with van der Waals surface area (Å²) < 4.78 is 1.96. The third-order valence-corrected chi connectivity index (χ3v) is 4.49. The van der Waals surface area contributed by atoms with Crippen molar-refractivity contribution in [1.29, 1.82) is 0 Å². The van der Waals surface area contributed by atoms with Crippen LogP contribution in [0.25, 0.3) is 0 Å². The molecule has 1 saturated heterocycles. The Morgan fingerprint density at radius 3 is 2.33 bits per heavy atom. The molecule has 0 spiro atoms. The second-order valence-corrected chi connectivity index (χ2v) is 6.27. The summed E-state index contributed by atoms with van der Waals surface area (Å²) in [5, 5.41) is 11.8. The summed E-state index contributed by atoms with van der Waals surface area (Å²) in [5.74, 6) is 2.83. The minimum absolute atomic E-state index is 0. The van der Waals surface area contributed by atoms with Crippen molar-refractivity contribution in [1.82, 2.24) is 29.9 Å². The number of aliphatic imine (C=N–C) groups is 1. The molecule has 1 aromatic rings. The van der Waals surface area contributed by atoms with Crippen LogP contribution in [0.3, 0.4) is 0 Å². The van der Waals surface area contributed by atoms with Crippen LogP contribution >= 0.6 is 24.0 Å². The van der Waals surface area contributed by atoms with Crippen LogP contribution in [0.5, 0.6) is 0 Å². The van der Waals surface area contributed by atoms with Crippen molar-refractivity contribution in [3.05, 3.63) is 11.6 Å². The van der Waals surface area contributed by atoms with Crippen LogP contribution in [0.4, 0.5) is 0 Å². The molecule has 2 aliphatic rings. The van der Waals surface area contributed by atoms with Crippen molar-refractivity contribution in [2.24, 2.45) is 12.0 Å². The minimum atomic E-state index is 0. The third kappa shape index (κ3) is 4.58. The highest BCUT2D eigenvalue weighted by Gasteiger charge is 2.27. The van der Waals surface area contributed by atoms with Gasteiger partial charge in [0.05, 0.1) is 0 Å². The standard InChI is InChI=1S/C15H25N7O.HI/c1-11-18-19-14(20(11)3)10-16-15(17-13-4-5-13)22-8-6-21(7-9-22)12(2)23;/h13H,4-10H2,1-3H3,(H,16,17);1H. The number of nitrogens with zero attached hydrogens (tertiary/aromatic N) is 6. The van der Waals surface area contributed by atoms with Gasteiger partial charge in [-0.2, -0.15) is 0 Å². The summed E-state index contributed by atoms with van der Waals surface area (Å²) in [7, 11) is 1.96. The van der Waals surface area contributed by atoms with E-state index in [0.29, 0.717) is 12.6 Å². The zero-order chi connectivity index (χ0) is 16.4. The van der Waals surface area contributed by atoms with Gasteiger partial charge in [-0.25, -0.2) is 4.99 Å². The molecule has 1 saturated carbocycles. The number of rotatable bonds is 3. The van der Waals surface area contributed by atoms with Gasteiger partial charge in [0.25, 0.3) is 0 Å². The molecular formula is C15H26IN7O. The average molecular weight is 447 g/mol. The molecular weight excluding hydrogens is 421 g/mol. The molecule has 9 heteroatoms. The number of nitrogens with one attached hydrogen (secondary N) is 1. The van der Waals surface area contributed by atoms with Gasteiger partial charge in [-0.1, -0.05) is 0 Å². The van der Waals surface area contributed by atoms with Crippen LogP contribution in [0.2, 0.25) is 0 Å². The summed E-state index contributed by atoms with van der Waals surface area (Å²) in [6, 6.07) is 0.542. The third-order valence-electron chi connectivity index (χ3n) is 4.49. The number of amides is 1. The molecule has 1 aliphatic carbocycles. The van der Waals surface area contributed by atoms with Gasteiger partial charge in [-0.3, -0.25) is 4.79 Å². The molecule has 2 heterocycles. The lowest BCUT2D eigenvalue weighted by molar-refractivity contribution is -0.130. The monoisotopic (exact) mass is 447 g/mol. The van der Waals surface area contributed by atoms with Crippen molar-refractivity contribution in [2.45, 2.75) is 39.3 Å². The molecule has 0 aromatic carbocycles. The normalized spacial score (nSPS) is 18.4. The molecule has 8 nitrogen and oxygen atoms in total. The number of halogens is 1. The van der Waals surface area contributed by atoms with E-state index in [4.69, 9.17) is 4.99 Å². The second kappa shape index (κ2) is 8.13. The Balaban J connectivity index is 0.00000208. The van der Waals surface area contributed by atoms with Crippen molar-refractivity contribution in [3.63, 3.8) is 0 Å². The van der Waals surface area contributed by atoms with Gasteiger partial charge in [0.1, 0.15) is 12.4 Å². The van der Waals surface area contributed by atoms with Gasteiger partial charge >= 0.3 is 0 Å². The van der Waals surface area contributed by atoms with Crippen molar-refractivity contribution >= 4 is 35.8 Å². The Bertz CT molecular complexity index is 603. The highest BCUT2D eigenvalue weighted by Crippen LogP contribution is 2.19. The molecule has 1 N–H and O–H groups in total. The van der Waals surface area contributed by atoms with E-state index in [1.165, 1.54) is 12.8 Å². The zero-order valence-corrected chi connectivity index (χ0v) is 16.9. The lowest BCUT2D eigenvalue weighted by Crippen LogP contribution is -2.53. The molecule has 1 amide bonds. The fraction of sp³-hybridized carbons (Fsp3) is 0.733. The maximum atomic E-state index is 11.5. The van der Waals surface area contributed by atoms with Gasteiger partial charge in [0.2, 0.25) is 5.91 Å². The highest BCUT2D eigenvalue weighted by atomic mass is 127. The molecule has 1 aliphatic heterocycles. The maximum Gasteiger partial charge on any atom is 0.219 e. The summed E-state index contributed by atoms with van der Waals surface area (Å²) >= 11 is 0. The van der Waals surface area contributed by atoms with Crippen molar-refractivity contribution in [3.8, 4) is 0 Å². The predicted molar refractivity (Wildman–Crippen MR) is 102 cm³/mol. The summed E-state index contributed by atoms with van der Waals surface area (Å²) in [4.78, 5) is 20.3. The first-order chi connectivity index (χ1) is 11.0. The Kier molecular flexibility index (Phi) is 6.41. The molecule has 0 bridgehead atoms. The fourth-order valence-corrected chi connectivity index (χ4v) is 2.61. The Labute approximate surface area is 159 Å². The second-order valence-electron chi connectivity index (χ2n) is 6.27. The van der Waals surface area contributed by atoms with Crippen LogP contribution in [-0.4, -0.2) is 68.7 Å². The van der Waals surface area contributed by atoms with Crippen LogP contribution in [0.15, 0.2) is 4.99 Å². The van der Waals surface area contributed by atoms with E-state index in [2.05, 4.69) is 20.4 Å². The molecule has 0 unspecified atom stereocenters. The van der Waals surface area contributed by atoms with Crippen LogP contribution in [0.1, 0.15) is 31.4 Å². The van der Waals surface area contributed by atoms with E-state index in [9.17, 15) is 4.79 Å². The SMILES string of the molecule is CC(=O)N1CCN(C(=NCc2nnc(C)n2C)NC2CC2)CC1.I. The summed E-state index contributed by atoms with van der Waals surface area (Å²) in [6.07, 6.45) is 2.41. The number of aryl methyl sites for hydroxylation is 1. The van der Waals surface area contributed by atoms with Gasteiger partial charge in [-0.15, -0.1) is 34.2 Å². The molecule has 2 fully saturated rings. The molecule has 0 atom stereocenters. The largest absolute Gasteiger partial charge is 0.353 e. The zero-order valence-electron chi connectivity index (χ0n) is 14.5. The van der Waals surface area contributed by atoms with E-state index in [1.807, 2.05) is 23.4 Å². The molecule has 24 heavy (non-hydrogen) atoms. The Hall–Kier alpha value is -1.39. The van der Waals surface area contributed by atoms with E-state index in [1.54, 1.807) is 6.92 Å². The molecule has 134 valence electrons. The smallest absolute Gasteiger partial charge is 0.219 e. The fourth-order valence-electron chi connectivity index (χ4n) is 2.61. The van der Waals surface area contributed by atoms with Gasteiger partial charge in [-0.05, 0) is 19.8 Å². The Morgan fingerprint density at radius 1 is 1.21 bits per heavy atom. The highest BCUT2D eigenvalue weighted by molar-refractivity contribution is 14.0. The van der Waals surface area contributed by atoms with E-state index < -0.39 is 0 Å². The van der Waals surface area contributed by atoms with Crippen LogP contribution in [-0.2, 0) is 18.4 Å². The summed E-state index contributed by atoms with van der Waals surface area (Å²) in [5.41, 5.74) is 0. The lowest BCUT2D eigenvalue weighted by Gasteiger charge is -2.36. The van der Waals surface area contributed by atoms with Crippen molar-refractivity contribution < 1.29 is 4.79 Å². The maximum absolute atomic E-state index is 11.5. The Morgan fingerprint density at radius 2 is 1.83 bits per heavy atom. The predicted octanol–water partition coefficient (Wildman–Crippen LogP) is 0.514. The average Bonchev–Trinajstić information content (AvgIpc) is 3.31. The van der Waals surface area contributed by atoms with Crippen LogP contribution < -0.4 is 5.32 Å². The number of hydrogen-bond donors (Lipinski definition) is 1. The van der Waals surface area contributed by atoms with Gasteiger partial charge < -0.3 is 19.7 Å². The first kappa shape index (κ1) is 18.9. The molecule has 0 radical (unpaired) electrons. The lowest BCUT2D eigenvalue weighted by atomic mass is 10.3. The van der Waals surface area contributed by atoms with E-state index in [-0.39, 0.29) is 29.9 Å². The van der Waals surface area contributed by atoms with Crippen molar-refractivity contribution in [2.75, 3.05) is 26.2 Å². The van der Waals surface area contributed by atoms with Gasteiger partial charge in [0, 0.05) is 46.2 Å². The quantitative estimate of drug-likeness (QED) is 0.415. The number of guanidine groups is 1. The number of hydrogen-bond acceptors (Lipinski definition) is 4. The minimum Gasteiger partial charge on any atom is -0.353 e. The number of aromatic nitrogens is 3. The molecule has 3 rings (SSSR count). The van der Waals surface area contributed by atoms with E-state index >= 15 is 0 Å². The number of carbonyl (C=O) groups excluding carboxylic acids is 1. The topological polar surface area (TPSA) is 78.7 Å². The van der Waals surface area contributed by atoms with Crippen LogP contribution in [0, 0.1) is 6.92 Å². The first-order valence-corrected chi connectivity index (χ1v) is 8.21. The number of piperazine rings is 1. The van der Waals surface area contributed by atoms with Gasteiger partial charge in [0.15, 0.2) is 11.8 Å². The summed E-state index contributed by atoms with van der Waals surface area (Å²) in [6.45, 7) is 7.22. The first-order valence-electron chi connectivity index (χ1n) is 8.21. The van der Waals surface area contributed by atoms with E-state index in [0.717, 1.165) is 43.8 Å². The number of carbonyl (C=O) groups is 1. The molecule has 1 aromatic heterocycles.